The van der Waals surface area contributed by atoms with Gasteiger partial charge in [-0.1, -0.05) is 35.3 Å². The van der Waals surface area contributed by atoms with E-state index in [-0.39, 0.29) is 11.4 Å². The number of carbonyl (C=O) groups is 1. The highest BCUT2D eigenvalue weighted by atomic mass is 35.5. The molecule has 0 bridgehead atoms. The molecule has 0 aliphatic rings. The summed E-state index contributed by atoms with van der Waals surface area (Å²) >= 11 is 13.5. The fraction of sp³-hybridized carbons (Fsp3) is 0. The Balaban J connectivity index is 1.46. The molecule has 1 amide bonds. The Hall–Kier alpha value is -4.18. The number of fused-ring (bicyclic) bond motifs is 2. The third-order valence-corrected chi connectivity index (χ3v) is 7.17. The second kappa shape index (κ2) is 9.36. The molecule has 0 unspecified atom stereocenters. The molecule has 182 valence electrons. The van der Waals surface area contributed by atoms with Crippen LogP contribution in [0.15, 0.2) is 79.0 Å². The predicted octanol–water partition coefficient (Wildman–Crippen LogP) is 6.89. The van der Waals surface area contributed by atoms with Gasteiger partial charge < -0.3 is 16.4 Å². The van der Waals surface area contributed by atoms with Crippen molar-refractivity contribution in [1.29, 1.82) is 0 Å². The van der Waals surface area contributed by atoms with Crippen LogP contribution in [0.3, 0.4) is 0 Å². The molecule has 0 fully saturated rings. The largest absolute Gasteiger partial charge is 0.383 e. The van der Waals surface area contributed by atoms with Crippen LogP contribution in [-0.2, 0) is 0 Å². The van der Waals surface area contributed by atoms with Crippen molar-refractivity contribution in [2.24, 2.45) is 0 Å². The zero-order chi connectivity index (χ0) is 25.5. The quantitative estimate of drug-likeness (QED) is 0.217. The molecule has 0 atom stereocenters. The highest BCUT2D eigenvalue weighted by molar-refractivity contribution is 7.21. The summed E-state index contributed by atoms with van der Waals surface area (Å²) in [6.07, 6.45) is 1.74. The van der Waals surface area contributed by atoms with E-state index in [1.54, 1.807) is 54.7 Å². The third kappa shape index (κ3) is 4.55. The van der Waals surface area contributed by atoms with Gasteiger partial charge in [-0.15, -0.1) is 16.4 Å². The van der Waals surface area contributed by atoms with Crippen molar-refractivity contribution in [1.82, 2.24) is 19.6 Å². The maximum atomic E-state index is 13.5. The summed E-state index contributed by atoms with van der Waals surface area (Å²) < 4.78 is 2.57. The van der Waals surface area contributed by atoms with Gasteiger partial charge in [-0.2, -0.15) is 0 Å². The van der Waals surface area contributed by atoms with Crippen LogP contribution in [0.5, 0.6) is 0 Å². The smallest absolute Gasteiger partial charge is 0.263 e. The Bertz CT molecular complexity index is 1750. The molecule has 8 nitrogen and oxygen atoms in total. The van der Waals surface area contributed by atoms with Crippen LogP contribution in [0.4, 0.5) is 23.0 Å². The van der Waals surface area contributed by atoms with Gasteiger partial charge in [-0.05, 0) is 60.7 Å². The molecular weight excluding hydrogens is 529 g/mol. The van der Waals surface area contributed by atoms with Gasteiger partial charge in [0, 0.05) is 27.6 Å². The van der Waals surface area contributed by atoms with Crippen LogP contribution in [-0.4, -0.2) is 25.5 Å². The lowest BCUT2D eigenvalue weighted by Gasteiger charge is -2.08. The van der Waals surface area contributed by atoms with E-state index in [9.17, 15) is 4.79 Å². The number of benzene rings is 3. The van der Waals surface area contributed by atoms with Gasteiger partial charge >= 0.3 is 0 Å². The van der Waals surface area contributed by atoms with Crippen LogP contribution in [0.2, 0.25) is 10.0 Å². The van der Waals surface area contributed by atoms with E-state index >= 15 is 0 Å². The molecule has 11 heteroatoms. The maximum absolute atomic E-state index is 13.5. The molecule has 6 aromatic rings. The van der Waals surface area contributed by atoms with Crippen LogP contribution in [0.1, 0.15) is 10.4 Å². The number of nitrogens with two attached hydrogens (primary N) is 1. The fourth-order valence-corrected chi connectivity index (χ4v) is 5.07. The molecule has 3 aromatic heterocycles. The zero-order valence-corrected chi connectivity index (χ0v) is 21.3. The fourth-order valence-electron chi connectivity index (χ4n) is 3.83. The first-order valence-corrected chi connectivity index (χ1v) is 12.7. The number of carbonyl (C=O) groups excluding carboxylic acids is 1. The standard InChI is InChI=1S/C26H17Cl2N7OS/c27-14-5-9-16(10-6-14)30-23-21(25(36)31-17-11-7-15(28)8-12-17)24-33-22(29)18(13-35(24)34-23)26-32-19-3-1-2-4-20(19)37-26/h1-13H,(H2,29,33)(H,30,34)(H,31,36). The number of hydrogen-bond acceptors (Lipinski definition) is 7. The van der Waals surface area contributed by atoms with E-state index in [4.69, 9.17) is 33.9 Å². The molecule has 0 aliphatic carbocycles. The number of para-hydroxylation sites is 1. The number of nitrogen functional groups attached to an aromatic ring is 1. The van der Waals surface area contributed by atoms with Gasteiger partial charge in [-0.25, -0.2) is 14.5 Å². The summed E-state index contributed by atoms with van der Waals surface area (Å²) in [5.41, 5.74) is 9.69. The molecule has 0 aliphatic heterocycles. The molecule has 6 rings (SSSR count). The number of thiazole rings is 1. The van der Waals surface area contributed by atoms with Crippen LogP contribution in [0, 0.1) is 0 Å². The number of anilines is 4. The minimum Gasteiger partial charge on any atom is -0.383 e. The third-order valence-electron chi connectivity index (χ3n) is 5.60. The van der Waals surface area contributed by atoms with E-state index < -0.39 is 5.91 Å². The molecule has 37 heavy (non-hydrogen) atoms. The average Bonchev–Trinajstić information content (AvgIpc) is 3.47. The second-order valence-corrected chi connectivity index (χ2v) is 10.0. The van der Waals surface area contributed by atoms with E-state index in [1.807, 2.05) is 24.3 Å². The summed E-state index contributed by atoms with van der Waals surface area (Å²) in [6, 6.07) is 21.7. The number of aromatic nitrogens is 4. The van der Waals surface area contributed by atoms with Crippen molar-refractivity contribution in [3.63, 3.8) is 0 Å². The average molecular weight is 546 g/mol. The lowest BCUT2D eigenvalue weighted by atomic mass is 10.2. The van der Waals surface area contributed by atoms with Crippen molar-refractivity contribution in [3.8, 4) is 10.6 Å². The van der Waals surface area contributed by atoms with Crippen LogP contribution in [0.25, 0.3) is 26.4 Å². The molecule has 0 saturated heterocycles. The van der Waals surface area contributed by atoms with E-state index in [1.165, 1.54) is 15.9 Å². The SMILES string of the molecule is Nc1nc2c(C(=O)Nc3ccc(Cl)cc3)c(Nc3ccc(Cl)cc3)nn2cc1-c1nc2ccccc2s1. The van der Waals surface area contributed by atoms with E-state index in [0.717, 1.165) is 10.2 Å². The molecule has 3 aromatic carbocycles. The summed E-state index contributed by atoms with van der Waals surface area (Å²) in [7, 11) is 0. The number of amides is 1. The number of nitrogens with one attached hydrogen (secondary N) is 2. The van der Waals surface area contributed by atoms with Gasteiger partial charge in [0.2, 0.25) is 0 Å². The highest BCUT2D eigenvalue weighted by Crippen LogP contribution is 2.34. The van der Waals surface area contributed by atoms with Gasteiger partial charge in [0.1, 0.15) is 16.4 Å². The number of nitrogens with zero attached hydrogens (tertiary/aromatic N) is 4. The zero-order valence-electron chi connectivity index (χ0n) is 18.9. The van der Waals surface area contributed by atoms with Crippen molar-refractivity contribution in [3.05, 3.63) is 94.6 Å². The molecule has 0 spiro atoms. The summed E-state index contributed by atoms with van der Waals surface area (Å²) in [6.45, 7) is 0. The van der Waals surface area contributed by atoms with Gasteiger partial charge in [-0.3, -0.25) is 4.79 Å². The van der Waals surface area contributed by atoms with Gasteiger partial charge in [0.15, 0.2) is 11.5 Å². The molecule has 0 radical (unpaired) electrons. The summed E-state index contributed by atoms with van der Waals surface area (Å²) in [4.78, 5) is 22.7. The Labute approximate surface area is 224 Å². The lowest BCUT2D eigenvalue weighted by molar-refractivity contribution is 0.102. The topological polar surface area (TPSA) is 110 Å². The summed E-state index contributed by atoms with van der Waals surface area (Å²) in [5.74, 6) is 0.139. The summed E-state index contributed by atoms with van der Waals surface area (Å²) in [5, 5.41) is 12.6. The van der Waals surface area contributed by atoms with Crippen molar-refractivity contribution in [2.45, 2.75) is 0 Å². The Morgan fingerprint density at radius 2 is 1.57 bits per heavy atom. The lowest BCUT2D eigenvalue weighted by Crippen LogP contribution is -2.14. The monoisotopic (exact) mass is 545 g/mol. The second-order valence-electron chi connectivity index (χ2n) is 8.11. The van der Waals surface area contributed by atoms with Crippen molar-refractivity contribution < 1.29 is 4.79 Å². The minimum absolute atomic E-state index is 0.229. The number of hydrogen-bond donors (Lipinski definition) is 3. The first kappa shape index (κ1) is 23.2. The van der Waals surface area contributed by atoms with Crippen LogP contribution < -0.4 is 16.4 Å². The van der Waals surface area contributed by atoms with Crippen molar-refractivity contribution >= 4 is 79.3 Å². The van der Waals surface area contributed by atoms with E-state index in [2.05, 4.69) is 20.7 Å². The number of rotatable bonds is 5. The van der Waals surface area contributed by atoms with Crippen LogP contribution >= 0.6 is 34.5 Å². The molecule has 3 heterocycles. The molecular formula is C26H17Cl2N7OS. The first-order chi connectivity index (χ1) is 17.9. The highest BCUT2D eigenvalue weighted by Gasteiger charge is 2.24. The van der Waals surface area contributed by atoms with Gasteiger partial charge in [0.25, 0.3) is 5.91 Å². The first-order valence-electron chi connectivity index (χ1n) is 11.1. The number of halogens is 2. The molecule has 4 N–H and O–H groups in total. The Morgan fingerprint density at radius 3 is 2.27 bits per heavy atom. The Morgan fingerprint density at radius 1 is 0.892 bits per heavy atom. The van der Waals surface area contributed by atoms with Crippen molar-refractivity contribution in [2.75, 3.05) is 16.4 Å². The predicted molar refractivity (Wildman–Crippen MR) is 150 cm³/mol. The maximum Gasteiger partial charge on any atom is 0.263 e. The molecule has 0 saturated carbocycles. The normalized spacial score (nSPS) is 11.2. The van der Waals surface area contributed by atoms with E-state index in [0.29, 0.717) is 43.5 Å². The minimum atomic E-state index is -0.409. The van der Waals surface area contributed by atoms with Gasteiger partial charge in [0.05, 0.1) is 15.8 Å². The Kier molecular flexibility index (Phi) is 5.88.